The molecule has 0 radical (unpaired) electrons. The molecule has 0 N–H and O–H groups in total. The lowest BCUT2D eigenvalue weighted by Gasteiger charge is -2.06. The second-order valence-corrected chi connectivity index (χ2v) is 6.37. The smallest absolute Gasteiger partial charge is 0.153 e. The Bertz CT molecular complexity index is 890. The lowest BCUT2D eigenvalue weighted by molar-refractivity contribution is 0.587. The van der Waals surface area contributed by atoms with Gasteiger partial charge in [0.05, 0.1) is 5.16 Å². The molecule has 3 rings (SSSR count). The van der Waals surface area contributed by atoms with Gasteiger partial charge in [0, 0.05) is 11.1 Å². The van der Waals surface area contributed by atoms with Crippen LogP contribution >= 0.6 is 12.2 Å². The van der Waals surface area contributed by atoms with E-state index in [1.165, 1.54) is 36.1 Å². The van der Waals surface area contributed by atoms with Crippen molar-refractivity contribution in [2.24, 2.45) is 4.99 Å². The molecule has 25 heavy (non-hydrogen) atoms. The van der Waals surface area contributed by atoms with Gasteiger partial charge >= 0.3 is 0 Å². The minimum Gasteiger partial charge on any atom is -0.204 e. The molecular formula is C21H17F2NS. The first-order valence-corrected chi connectivity index (χ1v) is 8.75. The highest BCUT2D eigenvalue weighted by atomic mass is 32.1. The van der Waals surface area contributed by atoms with E-state index in [0.29, 0.717) is 5.92 Å². The van der Waals surface area contributed by atoms with Gasteiger partial charge in [0.15, 0.2) is 11.6 Å². The van der Waals surface area contributed by atoms with Crippen LogP contribution < -0.4 is 0 Å². The summed E-state index contributed by atoms with van der Waals surface area (Å²) >= 11 is 4.40. The number of halogens is 2. The van der Waals surface area contributed by atoms with Gasteiger partial charge < -0.3 is 0 Å². The molecule has 2 aromatic carbocycles. The number of isothiocyanates is 1. The van der Waals surface area contributed by atoms with Crippen LogP contribution in [-0.4, -0.2) is 5.16 Å². The number of rotatable bonds is 4. The maximum Gasteiger partial charge on any atom is 0.153 e. The minimum atomic E-state index is -0.789. The van der Waals surface area contributed by atoms with Gasteiger partial charge in [0.25, 0.3) is 0 Å². The molecular weight excluding hydrogens is 336 g/mol. The van der Waals surface area contributed by atoms with Gasteiger partial charge in [-0.3, -0.25) is 0 Å². The molecule has 4 heteroatoms. The third-order valence-corrected chi connectivity index (χ3v) is 4.28. The molecule has 0 atom stereocenters. The molecule has 0 amide bonds. The summed E-state index contributed by atoms with van der Waals surface area (Å²) < 4.78 is 27.8. The third-order valence-electron chi connectivity index (χ3n) is 4.19. The summed E-state index contributed by atoms with van der Waals surface area (Å²) in [6, 6.07) is 8.66. The summed E-state index contributed by atoms with van der Waals surface area (Å²) in [4.78, 5) is 3.40. The van der Waals surface area contributed by atoms with Gasteiger partial charge in [-0.2, -0.15) is 4.99 Å². The molecule has 0 saturated heterocycles. The zero-order valence-corrected chi connectivity index (χ0v) is 14.7. The molecule has 2 aromatic rings. The molecule has 0 spiro atoms. The van der Waals surface area contributed by atoms with E-state index in [1.54, 1.807) is 0 Å². The Hall–Kier alpha value is -2.34. The first-order valence-electron chi connectivity index (χ1n) is 8.34. The Morgan fingerprint density at radius 1 is 1.12 bits per heavy atom. The normalized spacial score (nSPS) is 12.9. The highest BCUT2D eigenvalue weighted by Crippen LogP contribution is 2.42. The Morgan fingerprint density at radius 3 is 2.44 bits per heavy atom. The Kier molecular flexibility index (Phi) is 5.38. The number of aryl methyl sites for hydroxylation is 1. The molecule has 1 nitrogen and oxygen atoms in total. The van der Waals surface area contributed by atoms with Crippen LogP contribution in [-0.2, 0) is 6.42 Å². The topological polar surface area (TPSA) is 12.4 Å². The summed E-state index contributed by atoms with van der Waals surface area (Å²) in [5.74, 6) is 4.93. The zero-order chi connectivity index (χ0) is 17.8. The quantitative estimate of drug-likeness (QED) is 0.377. The van der Waals surface area contributed by atoms with Crippen LogP contribution in [0, 0.1) is 23.5 Å². The maximum absolute atomic E-state index is 13.9. The Balaban J connectivity index is 1.95. The van der Waals surface area contributed by atoms with Crippen molar-refractivity contribution in [2.45, 2.75) is 38.5 Å². The van der Waals surface area contributed by atoms with Crippen molar-refractivity contribution in [3.05, 3.63) is 64.2 Å². The average Bonchev–Trinajstić information content (AvgIpc) is 3.42. The van der Waals surface area contributed by atoms with Crippen molar-refractivity contribution in [1.29, 1.82) is 0 Å². The van der Waals surface area contributed by atoms with Gasteiger partial charge in [-0.15, -0.1) is 0 Å². The number of nitrogens with zero attached hydrogens (tertiary/aromatic N) is 1. The molecule has 1 aliphatic carbocycles. The standard InChI is InChI=1S/C21H17F2NS/c1-2-3-14-4-6-16(18(10-14)17-8-9-17)7-5-15-11-19(22)21(24-13-25)20(23)12-15/h4,6,10-12,17H,2-3,8-9H2,1H3. The van der Waals surface area contributed by atoms with Gasteiger partial charge in [0.2, 0.25) is 0 Å². The summed E-state index contributed by atoms with van der Waals surface area (Å²) in [5.41, 5.74) is 3.35. The van der Waals surface area contributed by atoms with Crippen LogP contribution in [0.25, 0.3) is 0 Å². The first kappa shape index (κ1) is 17.5. The number of aliphatic imine (C=N–C) groups is 1. The maximum atomic E-state index is 13.9. The van der Waals surface area contributed by atoms with Crippen LogP contribution in [0.3, 0.4) is 0 Å². The predicted molar refractivity (Wildman–Crippen MR) is 99.4 cm³/mol. The first-order chi connectivity index (χ1) is 12.1. The van der Waals surface area contributed by atoms with Crippen LogP contribution in [0.2, 0.25) is 0 Å². The van der Waals surface area contributed by atoms with Crippen LogP contribution in [0.4, 0.5) is 14.5 Å². The predicted octanol–water partition coefficient (Wildman–Crippen LogP) is 5.93. The van der Waals surface area contributed by atoms with Crippen molar-refractivity contribution in [2.75, 3.05) is 0 Å². The molecule has 1 saturated carbocycles. The molecule has 1 aliphatic rings. The lowest BCUT2D eigenvalue weighted by Crippen LogP contribution is -1.92. The number of thiocarbonyl (C=S) groups is 1. The second kappa shape index (κ2) is 7.70. The van der Waals surface area contributed by atoms with E-state index >= 15 is 0 Å². The van der Waals surface area contributed by atoms with Crippen LogP contribution in [0.15, 0.2) is 35.3 Å². The highest BCUT2D eigenvalue weighted by Gasteiger charge is 2.25. The zero-order valence-electron chi connectivity index (χ0n) is 13.9. The fraction of sp³-hybridized carbons (Fsp3) is 0.286. The van der Waals surface area contributed by atoms with Crippen LogP contribution in [0.1, 0.15) is 54.4 Å². The van der Waals surface area contributed by atoms with Crippen molar-refractivity contribution >= 4 is 23.1 Å². The molecule has 0 unspecified atom stereocenters. The van der Waals surface area contributed by atoms with Crippen molar-refractivity contribution in [3.8, 4) is 11.8 Å². The third kappa shape index (κ3) is 4.20. The second-order valence-electron chi connectivity index (χ2n) is 6.19. The molecule has 0 aromatic heterocycles. The van der Waals surface area contributed by atoms with Crippen molar-refractivity contribution in [1.82, 2.24) is 0 Å². The summed E-state index contributed by atoms with van der Waals surface area (Å²) in [6.07, 6.45) is 4.51. The van der Waals surface area contributed by atoms with E-state index in [-0.39, 0.29) is 5.56 Å². The van der Waals surface area contributed by atoms with E-state index in [0.717, 1.165) is 18.4 Å². The van der Waals surface area contributed by atoms with E-state index in [9.17, 15) is 8.78 Å². The van der Waals surface area contributed by atoms with Crippen molar-refractivity contribution in [3.63, 3.8) is 0 Å². The highest BCUT2D eigenvalue weighted by molar-refractivity contribution is 7.78. The molecule has 1 fully saturated rings. The van der Waals surface area contributed by atoms with E-state index in [1.807, 2.05) is 11.2 Å². The fourth-order valence-corrected chi connectivity index (χ4v) is 2.92. The monoisotopic (exact) mass is 353 g/mol. The number of hydrogen-bond acceptors (Lipinski definition) is 2. The average molecular weight is 353 g/mol. The van der Waals surface area contributed by atoms with E-state index in [4.69, 9.17) is 0 Å². The minimum absolute atomic E-state index is 0.276. The summed E-state index contributed by atoms with van der Waals surface area (Å²) in [6.45, 7) is 2.16. The largest absolute Gasteiger partial charge is 0.204 e. The Labute approximate surface area is 151 Å². The van der Waals surface area contributed by atoms with Gasteiger partial charge in [-0.05, 0) is 66.7 Å². The SMILES string of the molecule is CCCc1ccc(C#Cc2cc(F)c(N=C=S)c(F)c2)c(C2CC2)c1. The Morgan fingerprint density at radius 2 is 1.84 bits per heavy atom. The van der Waals surface area contributed by atoms with Crippen LogP contribution in [0.5, 0.6) is 0 Å². The molecule has 0 bridgehead atoms. The van der Waals surface area contributed by atoms with Gasteiger partial charge in [0.1, 0.15) is 5.69 Å². The lowest BCUT2D eigenvalue weighted by atomic mass is 9.98. The number of hydrogen-bond donors (Lipinski definition) is 0. The fourth-order valence-electron chi connectivity index (χ4n) is 2.83. The van der Waals surface area contributed by atoms with Gasteiger partial charge in [-0.1, -0.05) is 37.3 Å². The van der Waals surface area contributed by atoms with E-state index in [2.05, 4.69) is 48.1 Å². The molecule has 126 valence electrons. The molecule has 0 heterocycles. The molecule has 0 aliphatic heterocycles. The summed E-state index contributed by atoms with van der Waals surface area (Å²) in [5, 5.41) is 1.98. The summed E-state index contributed by atoms with van der Waals surface area (Å²) in [7, 11) is 0. The van der Waals surface area contributed by atoms with Crippen molar-refractivity contribution < 1.29 is 8.78 Å². The van der Waals surface area contributed by atoms with E-state index < -0.39 is 17.3 Å². The van der Waals surface area contributed by atoms with Gasteiger partial charge in [-0.25, -0.2) is 8.78 Å². The number of benzene rings is 2.